The van der Waals surface area contributed by atoms with Crippen LogP contribution in [0, 0.1) is 12.7 Å². The molecule has 0 aromatic heterocycles. The first-order valence-electron chi connectivity index (χ1n) is 7.19. The average molecular weight is 281 g/mol. The number of aryl methyl sites for hydroxylation is 1. The Morgan fingerprint density at radius 2 is 2.35 bits per heavy atom. The second-order valence-electron chi connectivity index (χ2n) is 5.35. The van der Waals surface area contributed by atoms with E-state index in [1.165, 1.54) is 6.07 Å². The maximum Gasteiger partial charge on any atom is 0.123 e. The molecule has 3 N–H and O–H groups in total. The summed E-state index contributed by atoms with van der Waals surface area (Å²) in [5.41, 5.74) is 4.89. The van der Waals surface area contributed by atoms with E-state index in [1.54, 1.807) is 12.1 Å². The molecule has 2 atom stereocenters. The molecule has 1 aliphatic heterocycles. The van der Waals surface area contributed by atoms with Crippen LogP contribution in [0.3, 0.4) is 0 Å². The first kappa shape index (κ1) is 15.4. The number of benzene rings is 1. The van der Waals surface area contributed by atoms with Gasteiger partial charge in [-0.3, -0.25) is 16.2 Å². The molecule has 5 heteroatoms. The van der Waals surface area contributed by atoms with Gasteiger partial charge in [-0.1, -0.05) is 13.0 Å². The Kier molecular flexibility index (Phi) is 5.48. The van der Waals surface area contributed by atoms with Gasteiger partial charge in [-0.2, -0.15) is 0 Å². The zero-order chi connectivity index (χ0) is 14.5. The molecule has 1 saturated heterocycles. The van der Waals surface area contributed by atoms with Crippen molar-refractivity contribution in [1.82, 2.24) is 10.3 Å². The van der Waals surface area contributed by atoms with Gasteiger partial charge in [-0.25, -0.2) is 4.39 Å². The molecule has 0 bridgehead atoms. The maximum atomic E-state index is 13.4. The molecule has 0 aliphatic carbocycles. The molecule has 2 unspecified atom stereocenters. The number of nitrogens with one attached hydrogen (secondary N) is 1. The van der Waals surface area contributed by atoms with Crippen molar-refractivity contribution >= 4 is 0 Å². The van der Waals surface area contributed by atoms with Crippen LogP contribution in [-0.4, -0.2) is 43.3 Å². The van der Waals surface area contributed by atoms with Crippen molar-refractivity contribution in [2.75, 3.05) is 26.2 Å². The average Bonchev–Trinajstić information content (AvgIpc) is 2.48. The van der Waals surface area contributed by atoms with Crippen LogP contribution in [0.1, 0.15) is 18.1 Å². The van der Waals surface area contributed by atoms with Crippen molar-refractivity contribution in [3.63, 3.8) is 0 Å². The standard InChI is InChI=1S/C15H24FN3O/c1-3-19-6-7-20-15(10-19)14(18-17)9-12-8-13(16)5-4-11(12)2/h4-5,8,14-15,18H,3,6-7,9-10,17H2,1-2H3. The number of hydrazine groups is 1. The van der Waals surface area contributed by atoms with Gasteiger partial charge in [0.25, 0.3) is 0 Å². The summed E-state index contributed by atoms with van der Waals surface area (Å²) in [7, 11) is 0. The fraction of sp³-hybridized carbons (Fsp3) is 0.600. The van der Waals surface area contributed by atoms with Crippen LogP contribution < -0.4 is 11.3 Å². The summed E-state index contributed by atoms with van der Waals surface area (Å²) >= 11 is 0. The van der Waals surface area contributed by atoms with Crippen molar-refractivity contribution in [2.45, 2.75) is 32.4 Å². The number of rotatable bonds is 5. The van der Waals surface area contributed by atoms with Crippen molar-refractivity contribution in [1.29, 1.82) is 0 Å². The van der Waals surface area contributed by atoms with Crippen LogP contribution in [0.5, 0.6) is 0 Å². The summed E-state index contributed by atoms with van der Waals surface area (Å²) in [5.74, 6) is 5.48. The highest BCUT2D eigenvalue weighted by atomic mass is 19.1. The topological polar surface area (TPSA) is 50.5 Å². The van der Waals surface area contributed by atoms with Crippen molar-refractivity contribution < 1.29 is 9.13 Å². The van der Waals surface area contributed by atoms with Gasteiger partial charge >= 0.3 is 0 Å². The van der Waals surface area contributed by atoms with E-state index in [0.29, 0.717) is 6.42 Å². The fourth-order valence-electron chi connectivity index (χ4n) is 2.66. The van der Waals surface area contributed by atoms with Crippen molar-refractivity contribution in [3.8, 4) is 0 Å². The van der Waals surface area contributed by atoms with Crippen LogP contribution in [0.4, 0.5) is 4.39 Å². The number of hydrogen-bond donors (Lipinski definition) is 2. The molecule has 1 aliphatic rings. The number of halogens is 1. The second kappa shape index (κ2) is 7.13. The molecule has 112 valence electrons. The lowest BCUT2D eigenvalue weighted by atomic mass is 9.97. The minimum atomic E-state index is -0.207. The third-order valence-electron chi connectivity index (χ3n) is 4.04. The number of morpholine rings is 1. The van der Waals surface area contributed by atoms with E-state index in [2.05, 4.69) is 17.2 Å². The Balaban J connectivity index is 2.06. The monoisotopic (exact) mass is 281 g/mol. The van der Waals surface area contributed by atoms with Gasteiger partial charge < -0.3 is 4.74 Å². The second-order valence-corrected chi connectivity index (χ2v) is 5.35. The molecule has 2 rings (SSSR count). The van der Waals surface area contributed by atoms with Crippen molar-refractivity contribution in [3.05, 3.63) is 35.1 Å². The fourth-order valence-corrected chi connectivity index (χ4v) is 2.66. The predicted molar refractivity (Wildman–Crippen MR) is 77.8 cm³/mol. The number of hydrogen-bond acceptors (Lipinski definition) is 4. The largest absolute Gasteiger partial charge is 0.374 e. The van der Waals surface area contributed by atoms with E-state index in [9.17, 15) is 4.39 Å². The minimum Gasteiger partial charge on any atom is -0.374 e. The van der Waals surface area contributed by atoms with E-state index in [4.69, 9.17) is 10.6 Å². The molecule has 1 heterocycles. The lowest BCUT2D eigenvalue weighted by Gasteiger charge is -2.36. The Hall–Kier alpha value is -1.01. The Labute approximate surface area is 120 Å². The Morgan fingerprint density at radius 3 is 3.05 bits per heavy atom. The van der Waals surface area contributed by atoms with Gasteiger partial charge in [-0.15, -0.1) is 0 Å². The minimum absolute atomic E-state index is 0.00940. The molecule has 0 amide bonds. The Morgan fingerprint density at radius 1 is 1.55 bits per heavy atom. The number of ether oxygens (including phenoxy) is 1. The SMILES string of the molecule is CCN1CCOC(C(Cc2cc(F)ccc2C)NN)C1. The number of likely N-dealkylation sites (N-methyl/N-ethyl adjacent to an activating group) is 1. The molecule has 4 nitrogen and oxygen atoms in total. The number of nitrogens with zero attached hydrogens (tertiary/aromatic N) is 1. The molecule has 1 aromatic carbocycles. The number of nitrogens with two attached hydrogens (primary N) is 1. The quantitative estimate of drug-likeness (QED) is 0.629. The molecular weight excluding hydrogens is 257 g/mol. The lowest BCUT2D eigenvalue weighted by molar-refractivity contribution is -0.0448. The molecule has 1 fully saturated rings. The van der Waals surface area contributed by atoms with Crippen LogP contribution in [0.2, 0.25) is 0 Å². The molecule has 0 radical (unpaired) electrons. The van der Waals surface area contributed by atoms with Crippen LogP contribution >= 0.6 is 0 Å². The van der Waals surface area contributed by atoms with Crippen LogP contribution in [-0.2, 0) is 11.2 Å². The predicted octanol–water partition coefficient (Wildman–Crippen LogP) is 1.23. The van der Waals surface area contributed by atoms with E-state index in [-0.39, 0.29) is 18.0 Å². The van der Waals surface area contributed by atoms with Crippen molar-refractivity contribution in [2.24, 2.45) is 5.84 Å². The van der Waals surface area contributed by atoms with E-state index >= 15 is 0 Å². The smallest absolute Gasteiger partial charge is 0.123 e. The van der Waals surface area contributed by atoms with Gasteiger partial charge in [0.2, 0.25) is 0 Å². The normalized spacial score (nSPS) is 21.9. The first-order valence-corrected chi connectivity index (χ1v) is 7.19. The summed E-state index contributed by atoms with van der Waals surface area (Å²) in [6.45, 7) is 7.68. The molecule has 0 saturated carbocycles. The van der Waals surface area contributed by atoms with Gasteiger partial charge in [0.05, 0.1) is 18.8 Å². The third kappa shape index (κ3) is 3.76. The lowest BCUT2D eigenvalue weighted by Crippen LogP contribution is -2.54. The maximum absolute atomic E-state index is 13.4. The highest BCUT2D eigenvalue weighted by Crippen LogP contribution is 2.16. The molecular formula is C15H24FN3O. The van der Waals surface area contributed by atoms with Gasteiger partial charge in [0.1, 0.15) is 5.82 Å². The van der Waals surface area contributed by atoms with E-state index in [0.717, 1.165) is 37.4 Å². The van der Waals surface area contributed by atoms with Gasteiger partial charge in [-0.05, 0) is 43.1 Å². The van der Waals surface area contributed by atoms with Gasteiger partial charge in [0.15, 0.2) is 0 Å². The zero-order valence-corrected chi connectivity index (χ0v) is 12.2. The first-order chi connectivity index (χ1) is 9.63. The third-order valence-corrected chi connectivity index (χ3v) is 4.04. The summed E-state index contributed by atoms with van der Waals surface area (Å²) in [4.78, 5) is 2.34. The molecule has 0 spiro atoms. The van der Waals surface area contributed by atoms with Crippen LogP contribution in [0.15, 0.2) is 18.2 Å². The summed E-state index contributed by atoms with van der Waals surface area (Å²) in [6.07, 6.45) is 0.707. The van der Waals surface area contributed by atoms with Gasteiger partial charge in [0, 0.05) is 13.1 Å². The highest BCUT2D eigenvalue weighted by molar-refractivity contribution is 5.27. The van der Waals surface area contributed by atoms with Crippen LogP contribution in [0.25, 0.3) is 0 Å². The van der Waals surface area contributed by atoms with E-state index < -0.39 is 0 Å². The summed E-state index contributed by atoms with van der Waals surface area (Å²) < 4.78 is 19.2. The zero-order valence-electron chi connectivity index (χ0n) is 12.2. The highest BCUT2D eigenvalue weighted by Gasteiger charge is 2.27. The summed E-state index contributed by atoms with van der Waals surface area (Å²) in [5, 5.41) is 0. The molecule has 20 heavy (non-hydrogen) atoms. The van der Waals surface area contributed by atoms with E-state index in [1.807, 2.05) is 6.92 Å². The Bertz CT molecular complexity index is 441. The summed E-state index contributed by atoms with van der Waals surface area (Å²) in [6, 6.07) is 4.86. The molecule has 1 aromatic rings.